The highest BCUT2D eigenvalue weighted by atomic mass is 16.1. The van der Waals surface area contributed by atoms with E-state index < -0.39 is 0 Å². The molecule has 0 radical (unpaired) electrons. The maximum absolute atomic E-state index is 12.4. The first-order valence-electron chi connectivity index (χ1n) is 10.3. The Bertz CT molecular complexity index is 1130. The van der Waals surface area contributed by atoms with Crippen molar-refractivity contribution in [2.45, 2.75) is 39.5 Å². The summed E-state index contributed by atoms with van der Waals surface area (Å²) in [4.78, 5) is 20.4. The second-order valence-electron chi connectivity index (χ2n) is 7.60. The van der Waals surface area contributed by atoms with Gasteiger partial charge in [0, 0.05) is 31.3 Å². The Hall–Kier alpha value is -3.42. The molecule has 4 rings (SSSR count). The van der Waals surface area contributed by atoms with Crippen LogP contribution in [0.1, 0.15) is 47.0 Å². The SMILES string of the molecule is Cc1nn(C)c(C)c1-c1cc(C(=O)NCCCCCc2nc3ccccc3[nH]2)[nH]n1. The van der Waals surface area contributed by atoms with Crippen LogP contribution < -0.4 is 5.32 Å². The highest BCUT2D eigenvalue weighted by Crippen LogP contribution is 2.25. The first-order chi connectivity index (χ1) is 14.5. The molecular weight excluding hydrogens is 378 g/mol. The lowest BCUT2D eigenvalue weighted by atomic mass is 10.1. The third kappa shape index (κ3) is 4.12. The van der Waals surface area contributed by atoms with Crippen LogP contribution in [0.5, 0.6) is 0 Å². The van der Waals surface area contributed by atoms with Gasteiger partial charge < -0.3 is 10.3 Å². The topological polar surface area (TPSA) is 104 Å². The summed E-state index contributed by atoms with van der Waals surface area (Å²) in [5, 5.41) is 14.5. The summed E-state index contributed by atoms with van der Waals surface area (Å²) in [5.74, 6) is 0.886. The molecule has 3 N–H and O–H groups in total. The number of H-pyrrole nitrogens is 2. The summed E-state index contributed by atoms with van der Waals surface area (Å²) in [6, 6.07) is 9.85. The number of nitrogens with zero attached hydrogens (tertiary/aromatic N) is 4. The van der Waals surface area contributed by atoms with Crippen LogP contribution in [-0.2, 0) is 13.5 Å². The maximum Gasteiger partial charge on any atom is 0.269 e. The number of aromatic nitrogens is 6. The van der Waals surface area contributed by atoms with Gasteiger partial charge in [-0.3, -0.25) is 14.6 Å². The Morgan fingerprint density at radius 1 is 1.17 bits per heavy atom. The smallest absolute Gasteiger partial charge is 0.269 e. The van der Waals surface area contributed by atoms with Crippen molar-refractivity contribution in [2.75, 3.05) is 6.54 Å². The van der Waals surface area contributed by atoms with Gasteiger partial charge in [0.15, 0.2) is 0 Å². The fourth-order valence-electron chi connectivity index (χ4n) is 3.73. The predicted octanol–water partition coefficient (Wildman–Crippen LogP) is 3.45. The second kappa shape index (κ2) is 8.52. The molecule has 3 heterocycles. The van der Waals surface area contributed by atoms with E-state index in [0.29, 0.717) is 12.2 Å². The number of carbonyl (C=O) groups excluding carboxylic acids is 1. The number of hydrogen-bond donors (Lipinski definition) is 3. The van der Waals surface area contributed by atoms with Crippen molar-refractivity contribution in [3.05, 3.63) is 53.2 Å². The highest BCUT2D eigenvalue weighted by molar-refractivity contribution is 5.93. The van der Waals surface area contributed by atoms with Gasteiger partial charge in [-0.1, -0.05) is 18.6 Å². The molecule has 3 aromatic heterocycles. The van der Waals surface area contributed by atoms with Gasteiger partial charge in [0.05, 0.1) is 22.4 Å². The minimum absolute atomic E-state index is 0.134. The number of imidazole rings is 1. The molecule has 1 amide bonds. The molecule has 0 aliphatic carbocycles. The van der Waals surface area contributed by atoms with Crippen LogP contribution in [0.2, 0.25) is 0 Å². The fourth-order valence-corrected chi connectivity index (χ4v) is 3.73. The number of rotatable bonds is 8. The number of carbonyl (C=O) groups is 1. The van der Waals surface area contributed by atoms with E-state index in [9.17, 15) is 4.79 Å². The number of benzene rings is 1. The van der Waals surface area contributed by atoms with Crippen LogP contribution in [0.15, 0.2) is 30.3 Å². The minimum Gasteiger partial charge on any atom is -0.351 e. The van der Waals surface area contributed by atoms with Gasteiger partial charge in [-0.05, 0) is 44.9 Å². The molecule has 0 fully saturated rings. The van der Waals surface area contributed by atoms with E-state index in [1.165, 1.54) is 0 Å². The van der Waals surface area contributed by atoms with Crippen LogP contribution in [0.4, 0.5) is 0 Å². The molecule has 0 spiro atoms. The number of hydrogen-bond acceptors (Lipinski definition) is 4. The molecule has 0 saturated heterocycles. The molecule has 0 atom stereocenters. The zero-order valence-corrected chi connectivity index (χ0v) is 17.6. The minimum atomic E-state index is -0.134. The lowest BCUT2D eigenvalue weighted by Gasteiger charge is -2.03. The van der Waals surface area contributed by atoms with E-state index in [1.54, 1.807) is 6.07 Å². The Labute approximate surface area is 175 Å². The highest BCUT2D eigenvalue weighted by Gasteiger charge is 2.17. The Morgan fingerprint density at radius 2 is 2.00 bits per heavy atom. The zero-order valence-electron chi connectivity index (χ0n) is 17.6. The van der Waals surface area contributed by atoms with Crippen molar-refractivity contribution in [1.82, 2.24) is 35.3 Å². The normalized spacial score (nSPS) is 11.3. The first-order valence-corrected chi connectivity index (χ1v) is 10.3. The number of aryl methyl sites for hydroxylation is 3. The van der Waals surface area contributed by atoms with Gasteiger partial charge in [-0.2, -0.15) is 10.2 Å². The van der Waals surface area contributed by atoms with Crippen LogP contribution >= 0.6 is 0 Å². The lowest BCUT2D eigenvalue weighted by molar-refractivity contribution is 0.0948. The number of para-hydroxylation sites is 2. The summed E-state index contributed by atoms with van der Waals surface area (Å²) in [5.41, 5.74) is 6.20. The summed E-state index contributed by atoms with van der Waals surface area (Å²) >= 11 is 0. The van der Waals surface area contributed by atoms with Gasteiger partial charge in [-0.15, -0.1) is 0 Å². The molecule has 4 aromatic rings. The van der Waals surface area contributed by atoms with E-state index in [-0.39, 0.29) is 5.91 Å². The van der Waals surface area contributed by atoms with Gasteiger partial charge in [0.2, 0.25) is 0 Å². The monoisotopic (exact) mass is 405 g/mol. The van der Waals surface area contributed by atoms with Gasteiger partial charge in [0.1, 0.15) is 11.5 Å². The van der Waals surface area contributed by atoms with E-state index in [4.69, 9.17) is 0 Å². The molecule has 0 bridgehead atoms. The molecular formula is C22H27N7O. The van der Waals surface area contributed by atoms with Gasteiger partial charge >= 0.3 is 0 Å². The van der Waals surface area contributed by atoms with Crippen LogP contribution in [0.3, 0.4) is 0 Å². The Balaban J connectivity index is 1.22. The van der Waals surface area contributed by atoms with Crippen LogP contribution in [0.25, 0.3) is 22.3 Å². The van der Waals surface area contributed by atoms with Crippen LogP contribution in [0, 0.1) is 13.8 Å². The van der Waals surface area contributed by atoms with E-state index in [0.717, 1.165) is 65.2 Å². The second-order valence-corrected chi connectivity index (χ2v) is 7.60. The van der Waals surface area contributed by atoms with Crippen molar-refractivity contribution in [1.29, 1.82) is 0 Å². The van der Waals surface area contributed by atoms with Crippen molar-refractivity contribution < 1.29 is 4.79 Å². The molecule has 8 nitrogen and oxygen atoms in total. The number of nitrogens with one attached hydrogen (secondary N) is 3. The van der Waals surface area contributed by atoms with Crippen molar-refractivity contribution in [3.8, 4) is 11.3 Å². The number of amides is 1. The number of aromatic amines is 2. The fraction of sp³-hybridized carbons (Fsp3) is 0.364. The summed E-state index contributed by atoms with van der Waals surface area (Å²) in [6.07, 6.45) is 3.90. The van der Waals surface area contributed by atoms with Crippen molar-refractivity contribution in [3.63, 3.8) is 0 Å². The third-order valence-electron chi connectivity index (χ3n) is 5.40. The van der Waals surface area contributed by atoms with E-state index >= 15 is 0 Å². The molecule has 0 unspecified atom stereocenters. The summed E-state index contributed by atoms with van der Waals surface area (Å²) in [6.45, 7) is 4.58. The first kappa shape index (κ1) is 19.9. The molecule has 0 saturated carbocycles. The maximum atomic E-state index is 12.4. The standard InChI is InChI=1S/C22H27N7O/c1-14-21(15(2)29(3)28-14)18-13-19(27-26-18)22(30)23-12-8-4-5-11-20-24-16-9-6-7-10-17(16)25-20/h6-7,9-10,13H,4-5,8,11-12H2,1-3H3,(H,23,30)(H,24,25)(H,26,27). The molecule has 8 heteroatoms. The average Bonchev–Trinajstić information content (AvgIpc) is 3.42. The molecule has 30 heavy (non-hydrogen) atoms. The Morgan fingerprint density at radius 3 is 2.77 bits per heavy atom. The summed E-state index contributed by atoms with van der Waals surface area (Å²) in [7, 11) is 1.90. The third-order valence-corrected chi connectivity index (χ3v) is 5.40. The Kier molecular flexibility index (Phi) is 5.65. The quantitative estimate of drug-likeness (QED) is 0.391. The molecule has 0 aliphatic heterocycles. The molecule has 1 aromatic carbocycles. The molecule has 0 aliphatic rings. The number of unbranched alkanes of at least 4 members (excludes halogenated alkanes) is 2. The van der Waals surface area contributed by atoms with Crippen molar-refractivity contribution in [2.24, 2.45) is 7.05 Å². The predicted molar refractivity (Wildman–Crippen MR) is 116 cm³/mol. The lowest BCUT2D eigenvalue weighted by Crippen LogP contribution is -2.24. The zero-order chi connectivity index (χ0) is 21.1. The van der Waals surface area contributed by atoms with Gasteiger partial charge in [-0.25, -0.2) is 4.98 Å². The largest absolute Gasteiger partial charge is 0.351 e. The average molecular weight is 406 g/mol. The summed E-state index contributed by atoms with van der Waals surface area (Å²) < 4.78 is 1.82. The number of fused-ring (bicyclic) bond motifs is 1. The molecule has 156 valence electrons. The van der Waals surface area contributed by atoms with Crippen molar-refractivity contribution >= 4 is 16.9 Å². The van der Waals surface area contributed by atoms with E-state index in [1.807, 2.05) is 49.8 Å². The van der Waals surface area contributed by atoms with E-state index in [2.05, 4.69) is 30.6 Å². The van der Waals surface area contributed by atoms with Gasteiger partial charge in [0.25, 0.3) is 5.91 Å². The van der Waals surface area contributed by atoms with Crippen LogP contribution in [-0.4, -0.2) is 42.4 Å².